The molecule has 1 rings (SSSR count). The highest BCUT2D eigenvalue weighted by molar-refractivity contribution is 9.10. The van der Waals surface area contributed by atoms with E-state index in [1.54, 1.807) is 0 Å². The van der Waals surface area contributed by atoms with Crippen LogP contribution in [0.4, 0.5) is 13.2 Å². The van der Waals surface area contributed by atoms with Crippen LogP contribution in [-0.2, 0) is 4.79 Å². The second kappa shape index (κ2) is 4.84. The van der Waals surface area contributed by atoms with Crippen LogP contribution < -0.4 is 4.74 Å². The van der Waals surface area contributed by atoms with Gasteiger partial charge >= 0.3 is 11.9 Å². The summed E-state index contributed by atoms with van der Waals surface area (Å²) in [7, 11) is 0. The summed E-state index contributed by atoms with van der Waals surface area (Å²) in [5.74, 6) is -7.64. The fourth-order valence-electron chi connectivity index (χ4n) is 0.794. The number of halogens is 4. The molecule has 0 fully saturated rings. The molecule has 3 nitrogen and oxygen atoms in total. The average molecular weight is 299 g/mol. The molecule has 0 aliphatic rings. The molecule has 0 spiro atoms. The van der Waals surface area contributed by atoms with Gasteiger partial charge in [-0.25, -0.2) is 9.18 Å². The Kier molecular flexibility index (Phi) is 3.93. The van der Waals surface area contributed by atoms with Crippen molar-refractivity contribution < 1.29 is 27.8 Å². The van der Waals surface area contributed by atoms with Gasteiger partial charge in [-0.2, -0.15) is 8.78 Å². The molecule has 0 radical (unpaired) electrons. The lowest BCUT2D eigenvalue weighted by atomic mass is 10.3. The third-order valence-electron chi connectivity index (χ3n) is 1.59. The smallest absolute Gasteiger partial charge is 0.385 e. The summed E-state index contributed by atoms with van der Waals surface area (Å²) in [4.78, 5) is 10.8. The lowest BCUT2D eigenvalue weighted by molar-refractivity contribution is -0.167. The van der Waals surface area contributed by atoms with Crippen molar-refractivity contribution in [3.05, 3.63) is 28.5 Å². The summed E-state index contributed by atoms with van der Waals surface area (Å²) in [6.45, 7) is -1.69. The third kappa shape index (κ3) is 2.96. The molecule has 0 saturated heterocycles. The zero-order valence-corrected chi connectivity index (χ0v) is 9.30. The molecule has 1 N–H and O–H groups in total. The molecule has 0 amide bonds. The van der Waals surface area contributed by atoms with Crippen LogP contribution in [0, 0.1) is 5.82 Å². The van der Waals surface area contributed by atoms with Crippen LogP contribution in [0.25, 0.3) is 0 Å². The Morgan fingerprint density at radius 2 is 2.12 bits per heavy atom. The molecular formula is C9H6BrF3O3. The minimum absolute atomic E-state index is 0.365. The van der Waals surface area contributed by atoms with Crippen molar-refractivity contribution in [2.45, 2.75) is 5.92 Å². The molecule has 1 aromatic rings. The molecule has 0 unspecified atom stereocenters. The predicted molar refractivity (Wildman–Crippen MR) is 51.8 cm³/mol. The summed E-state index contributed by atoms with van der Waals surface area (Å²) >= 11 is 2.96. The van der Waals surface area contributed by atoms with Gasteiger partial charge in [-0.3, -0.25) is 0 Å². The van der Waals surface area contributed by atoms with Gasteiger partial charge in [-0.15, -0.1) is 0 Å². The average Bonchev–Trinajstić information content (AvgIpc) is 2.23. The largest absolute Gasteiger partial charge is 0.419 e. The van der Waals surface area contributed by atoms with Crippen molar-refractivity contribution >= 4 is 21.9 Å². The number of benzene rings is 1. The van der Waals surface area contributed by atoms with E-state index in [0.29, 0.717) is 4.47 Å². The zero-order valence-electron chi connectivity index (χ0n) is 7.71. The molecule has 0 aliphatic heterocycles. The number of carbonyl (C=O) groups is 1. The molecular weight excluding hydrogens is 293 g/mol. The Balaban J connectivity index is 2.89. The number of hydrogen-bond acceptors (Lipinski definition) is 3. The van der Waals surface area contributed by atoms with Crippen molar-refractivity contribution in [1.82, 2.24) is 0 Å². The zero-order chi connectivity index (χ0) is 12.3. The van der Waals surface area contributed by atoms with E-state index in [1.807, 2.05) is 0 Å². The van der Waals surface area contributed by atoms with Gasteiger partial charge in [0.15, 0.2) is 11.6 Å². The molecule has 0 aliphatic carbocycles. The van der Waals surface area contributed by atoms with Gasteiger partial charge in [0.25, 0.3) is 0 Å². The first kappa shape index (κ1) is 13.0. The van der Waals surface area contributed by atoms with Crippen LogP contribution in [0.3, 0.4) is 0 Å². The van der Waals surface area contributed by atoms with E-state index >= 15 is 0 Å². The Bertz CT molecular complexity index is 409. The first-order chi connectivity index (χ1) is 7.36. The summed E-state index contributed by atoms with van der Waals surface area (Å²) in [5, 5.41) is 8.21. The minimum atomic E-state index is -4.05. The SMILES string of the molecule is O=C(Oc1cc(Br)ccc1F)C(F)(F)CO. The maximum Gasteiger partial charge on any atom is 0.385 e. The van der Waals surface area contributed by atoms with Gasteiger partial charge in [0.1, 0.15) is 6.61 Å². The van der Waals surface area contributed by atoms with E-state index in [9.17, 15) is 18.0 Å². The molecule has 0 aromatic heterocycles. The van der Waals surface area contributed by atoms with E-state index in [4.69, 9.17) is 5.11 Å². The minimum Gasteiger partial charge on any atom is -0.419 e. The van der Waals surface area contributed by atoms with Gasteiger partial charge in [-0.05, 0) is 18.2 Å². The fourth-order valence-corrected chi connectivity index (χ4v) is 1.13. The molecule has 7 heteroatoms. The van der Waals surface area contributed by atoms with Crippen LogP contribution >= 0.6 is 15.9 Å². The second-order valence-electron chi connectivity index (χ2n) is 2.83. The molecule has 88 valence electrons. The lowest BCUT2D eigenvalue weighted by Crippen LogP contribution is -2.36. The fraction of sp³-hybridized carbons (Fsp3) is 0.222. The van der Waals surface area contributed by atoms with Crippen molar-refractivity contribution in [2.75, 3.05) is 6.61 Å². The number of esters is 1. The van der Waals surface area contributed by atoms with Gasteiger partial charge in [0.2, 0.25) is 0 Å². The van der Waals surface area contributed by atoms with Crippen LogP contribution in [0.2, 0.25) is 0 Å². The van der Waals surface area contributed by atoms with E-state index in [2.05, 4.69) is 20.7 Å². The van der Waals surface area contributed by atoms with E-state index in [0.717, 1.165) is 12.1 Å². The highest BCUT2D eigenvalue weighted by atomic mass is 79.9. The Labute approximate surface area is 97.0 Å². The number of rotatable bonds is 3. The van der Waals surface area contributed by atoms with Gasteiger partial charge in [-0.1, -0.05) is 15.9 Å². The topological polar surface area (TPSA) is 46.5 Å². The van der Waals surface area contributed by atoms with Crippen molar-refractivity contribution in [3.8, 4) is 5.75 Å². The number of aliphatic hydroxyl groups is 1. The van der Waals surface area contributed by atoms with Crippen LogP contribution in [0.1, 0.15) is 0 Å². The number of aliphatic hydroxyl groups excluding tert-OH is 1. The maximum atomic E-state index is 13.0. The van der Waals surface area contributed by atoms with Gasteiger partial charge in [0, 0.05) is 4.47 Å². The van der Waals surface area contributed by atoms with Gasteiger partial charge in [0.05, 0.1) is 0 Å². The molecule has 0 heterocycles. The number of alkyl halides is 2. The first-order valence-electron chi connectivity index (χ1n) is 4.03. The molecule has 0 atom stereocenters. The van der Waals surface area contributed by atoms with E-state index in [-0.39, 0.29) is 0 Å². The summed E-state index contributed by atoms with van der Waals surface area (Å²) in [6.07, 6.45) is 0. The van der Waals surface area contributed by atoms with Gasteiger partial charge < -0.3 is 9.84 Å². The standard InChI is InChI=1S/C9H6BrF3O3/c10-5-1-2-6(11)7(3-5)16-8(15)9(12,13)4-14/h1-3,14H,4H2. The first-order valence-corrected chi connectivity index (χ1v) is 4.82. The molecule has 16 heavy (non-hydrogen) atoms. The number of hydrogen-bond donors (Lipinski definition) is 1. The predicted octanol–water partition coefficient (Wildman–Crippen LogP) is 2.12. The van der Waals surface area contributed by atoms with Crippen molar-refractivity contribution in [3.63, 3.8) is 0 Å². The highest BCUT2D eigenvalue weighted by Gasteiger charge is 2.40. The lowest BCUT2D eigenvalue weighted by Gasteiger charge is -2.12. The summed E-state index contributed by atoms with van der Waals surface area (Å²) in [6, 6.07) is 3.29. The molecule has 1 aromatic carbocycles. The van der Waals surface area contributed by atoms with Crippen LogP contribution in [0.15, 0.2) is 22.7 Å². The second-order valence-corrected chi connectivity index (χ2v) is 3.74. The number of carbonyl (C=O) groups excluding carboxylic acids is 1. The van der Waals surface area contributed by atoms with Crippen LogP contribution in [0.5, 0.6) is 5.75 Å². The molecule has 0 saturated carbocycles. The Morgan fingerprint density at radius 3 is 2.69 bits per heavy atom. The Hall–Kier alpha value is -1.08. The maximum absolute atomic E-state index is 13.0. The molecule has 0 bridgehead atoms. The highest BCUT2D eigenvalue weighted by Crippen LogP contribution is 2.24. The quantitative estimate of drug-likeness (QED) is 0.687. The van der Waals surface area contributed by atoms with E-state index < -0.39 is 30.1 Å². The Morgan fingerprint density at radius 1 is 1.50 bits per heavy atom. The normalized spacial score (nSPS) is 11.3. The van der Waals surface area contributed by atoms with Crippen molar-refractivity contribution in [1.29, 1.82) is 0 Å². The van der Waals surface area contributed by atoms with E-state index in [1.165, 1.54) is 6.07 Å². The number of ether oxygens (including phenoxy) is 1. The summed E-state index contributed by atoms with van der Waals surface area (Å²) in [5.41, 5.74) is 0. The van der Waals surface area contributed by atoms with Crippen LogP contribution in [-0.4, -0.2) is 23.6 Å². The van der Waals surface area contributed by atoms with Crippen molar-refractivity contribution in [2.24, 2.45) is 0 Å². The monoisotopic (exact) mass is 298 g/mol. The third-order valence-corrected chi connectivity index (χ3v) is 2.09. The summed E-state index contributed by atoms with van der Waals surface area (Å²) < 4.78 is 42.7.